The summed E-state index contributed by atoms with van der Waals surface area (Å²) in [5, 5.41) is 9.68. The number of hydrogen-bond acceptors (Lipinski definition) is 4. The van der Waals surface area contributed by atoms with Crippen molar-refractivity contribution in [2.24, 2.45) is 0 Å². The van der Waals surface area contributed by atoms with Crippen molar-refractivity contribution in [3.05, 3.63) is 40.2 Å². The van der Waals surface area contributed by atoms with Crippen LogP contribution in [0, 0.1) is 6.92 Å². The zero-order valence-electron chi connectivity index (χ0n) is 13.0. The van der Waals surface area contributed by atoms with Gasteiger partial charge in [-0.2, -0.15) is 11.3 Å². The van der Waals surface area contributed by atoms with Crippen LogP contribution in [0.25, 0.3) is 11.3 Å². The smallest absolute Gasteiger partial charge is 0.253 e. The number of aryl methyl sites for hydroxylation is 1. The molecule has 2 amide bonds. The number of pyridine rings is 1. The molecule has 3 rings (SSSR count). The molecule has 2 aromatic heterocycles. The van der Waals surface area contributed by atoms with E-state index >= 15 is 0 Å². The normalized spacial score (nSPS) is 18.1. The number of thiophene rings is 1. The van der Waals surface area contributed by atoms with Crippen LogP contribution in [-0.2, 0) is 4.79 Å². The maximum atomic E-state index is 12.5. The predicted molar refractivity (Wildman–Crippen MR) is 90.4 cm³/mol. The van der Waals surface area contributed by atoms with Crippen LogP contribution in [0.5, 0.6) is 0 Å². The third kappa shape index (κ3) is 3.59. The minimum absolute atomic E-state index is 0.101. The Morgan fingerprint density at radius 2 is 2.22 bits per heavy atom. The minimum Gasteiger partial charge on any atom is -0.354 e. The molecule has 1 saturated heterocycles. The number of hydrogen-bond donors (Lipinski definition) is 2. The van der Waals surface area contributed by atoms with E-state index in [1.807, 2.05) is 29.8 Å². The Morgan fingerprint density at radius 3 is 2.96 bits per heavy atom. The summed E-state index contributed by atoms with van der Waals surface area (Å²) in [5.41, 5.74) is 3.09. The van der Waals surface area contributed by atoms with Gasteiger partial charge >= 0.3 is 0 Å². The second-order valence-corrected chi connectivity index (χ2v) is 6.43. The fraction of sp³-hybridized carbons (Fsp3) is 0.353. The summed E-state index contributed by atoms with van der Waals surface area (Å²) in [4.78, 5) is 28.9. The Balaban J connectivity index is 1.75. The lowest BCUT2D eigenvalue weighted by molar-refractivity contribution is -0.122. The van der Waals surface area contributed by atoms with E-state index in [-0.39, 0.29) is 11.8 Å². The summed E-state index contributed by atoms with van der Waals surface area (Å²) in [6.07, 6.45) is 2.56. The molecule has 2 N–H and O–H groups in total. The average Bonchev–Trinajstić information content (AvgIpc) is 3.00. The summed E-state index contributed by atoms with van der Waals surface area (Å²) in [6.45, 7) is 2.50. The molecule has 0 aromatic carbocycles. The van der Waals surface area contributed by atoms with Gasteiger partial charge in [-0.05, 0) is 49.8 Å². The second kappa shape index (κ2) is 6.91. The summed E-state index contributed by atoms with van der Waals surface area (Å²) >= 11 is 1.61. The van der Waals surface area contributed by atoms with E-state index in [1.165, 1.54) is 0 Å². The number of carbonyl (C=O) groups excluding carboxylic acids is 2. The standard InChI is InChI=1S/C17H19N3O2S/c1-11-13(5-6-14(19-11)12-7-9-23-10-12)16(21)20-15-4-2-3-8-18-17(15)22/h5-7,9-10,15H,2-4,8H2,1H3,(H,18,22)(H,20,21). The Bertz CT molecular complexity index is 713. The third-order valence-corrected chi connectivity index (χ3v) is 4.67. The van der Waals surface area contributed by atoms with Gasteiger partial charge in [0.25, 0.3) is 5.91 Å². The molecule has 0 aliphatic carbocycles. The molecule has 1 unspecified atom stereocenters. The van der Waals surface area contributed by atoms with Crippen molar-refractivity contribution in [2.45, 2.75) is 32.2 Å². The van der Waals surface area contributed by atoms with Crippen molar-refractivity contribution < 1.29 is 9.59 Å². The second-order valence-electron chi connectivity index (χ2n) is 5.65. The fourth-order valence-electron chi connectivity index (χ4n) is 2.69. The molecule has 1 aliphatic heterocycles. The summed E-state index contributed by atoms with van der Waals surface area (Å²) < 4.78 is 0. The fourth-order valence-corrected chi connectivity index (χ4v) is 3.33. The van der Waals surface area contributed by atoms with E-state index in [4.69, 9.17) is 0 Å². The van der Waals surface area contributed by atoms with Crippen LogP contribution < -0.4 is 10.6 Å². The van der Waals surface area contributed by atoms with Crippen LogP contribution in [-0.4, -0.2) is 29.4 Å². The predicted octanol–water partition coefficient (Wildman–Crippen LogP) is 2.52. The molecular formula is C17H19N3O2S. The highest BCUT2D eigenvalue weighted by molar-refractivity contribution is 7.08. The number of rotatable bonds is 3. The molecule has 1 fully saturated rings. The Kier molecular flexibility index (Phi) is 4.71. The van der Waals surface area contributed by atoms with Crippen molar-refractivity contribution in [1.82, 2.24) is 15.6 Å². The number of nitrogens with one attached hydrogen (secondary N) is 2. The Hall–Kier alpha value is -2.21. The highest BCUT2D eigenvalue weighted by atomic mass is 32.1. The van der Waals surface area contributed by atoms with Crippen LogP contribution in [0.1, 0.15) is 35.3 Å². The van der Waals surface area contributed by atoms with E-state index in [1.54, 1.807) is 17.4 Å². The van der Waals surface area contributed by atoms with E-state index < -0.39 is 6.04 Å². The SMILES string of the molecule is Cc1nc(-c2ccsc2)ccc1C(=O)NC1CCCCNC1=O. The highest BCUT2D eigenvalue weighted by Crippen LogP contribution is 2.21. The largest absolute Gasteiger partial charge is 0.354 e. The third-order valence-electron chi connectivity index (χ3n) is 3.99. The molecule has 0 saturated carbocycles. The number of aromatic nitrogens is 1. The van der Waals surface area contributed by atoms with E-state index in [2.05, 4.69) is 15.6 Å². The van der Waals surface area contributed by atoms with Crippen LogP contribution in [0.15, 0.2) is 29.0 Å². The lowest BCUT2D eigenvalue weighted by Gasteiger charge is -2.16. The molecule has 120 valence electrons. The summed E-state index contributed by atoms with van der Waals surface area (Å²) in [5.74, 6) is -0.342. The molecule has 0 bridgehead atoms. The van der Waals surface area contributed by atoms with E-state index in [9.17, 15) is 9.59 Å². The van der Waals surface area contributed by atoms with Crippen LogP contribution >= 0.6 is 11.3 Å². The van der Waals surface area contributed by atoms with Gasteiger partial charge in [0.15, 0.2) is 0 Å². The zero-order chi connectivity index (χ0) is 16.2. The van der Waals surface area contributed by atoms with Crippen LogP contribution in [0.2, 0.25) is 0 Å². The maximum absolute atomic E-state index is 12.5. The molecule has 0 radical (unpaired) electrons. The molecule has 6 heteroatoms. The molecule has 1 atom stereocenters. The minimum atomic E-state index is -0.457. The van der Waals surface area contributed by atoms with Crippen molar-refractivity contribution in [3.8, 4) is 11.3 Å². The number of carbonyl (C=O) groups is 2. The van der Waals surface area contributed by atoms with Gasteiger partial charge in [0, 0.05) is 17.5 Å². The van der Waals surface area contributed by atoms with Crippen LogP contribution in [0.3, 0.4) is 0 Å². The first kappa shape index (κ1) is 15.7. The summed E-state index contributed by atoms with van der Waals surface area (Å²) in [7, 11) is 0. The van der Waals surface area contributed by atoms with Crippen molar-refractivity contribution >= 4 is 23.2 Å². The van der Waals surface area contributed by atoms with Gasteiger partial charge in [-0.15, -0.1) is 0 Å². The van der Waals surface area contributed by atoms with Gasteiger partial charge in [-0.1, -0.05) is 0 Å². The molecule has 1 aliphatic rings. The van der Waals surface area contributed by atoms with E-state index in [0.29, 0.717) is 24.2 Å². The Labute approximate surface area is 139 Å². The quantitative estimate of drug-likeness (QED) is 0.909. The first-order chi connectivity index (χ1) is 11.1. The van der Waals surface area contributed by atoms with Crippen molar-refractivity contribution in [2.75, 3.05) is 6.54 Å². The van der Waals surface area contributed by atoms with Gasteiger partial charge in [0.1, 0.15) is 6.04 Å². The van der Waals surface area contributed by atoms with E-state index in [0.717, 1.165) is 24.1 Å². The molecular weight excluding hydrogens is 310 g/mol. The average molecular weight is 329 g/mol. The van der Waals surface area contributed by atoms with Gasteiger partial charge in [0.2, 0.25) is 5.91 Å². The van der Waals surface area contributed by atoms with Gasteiger partial charge < -0.3 is 10.6 Å². The van der Waals surface area contributed by atoms with Gasteiger partial charge in [0.05, 0.1) is 17.0 Å². The molecule has 3 heterocycles. The molecule has 0 spiro atoms. The topological polar surface area (TPSA) is 71.1 Å². The van der Waals surface area contributed by atoms with Crippen LogP contribution in [0.4, 0.5) is 0 Å². The van der Waals surface area contributed by atoms with Crippen molar-refractivity contribution in [1.29, 1.82) is 0 Å². The first-order valence-electron chi connectivity index (χ1n) is 7.74. The lowest BCUT2D eigenvalue weighted by atomic mass is 10.1. The lowest BCUT2D eigenvalue weighted by Crippen LogP contribution is -2.45. The van der Waals surface area contributed by atoms with Crippen molar-refractivity contribution in [3.63, 3.8) is 0 Å². The maximum Gasteiger partial charge on any atom is 0.253 e. The molecule has 2 aromatic rings. The monoisotopic (exact) mass is 329 g/mol. The first-order valence-corrected chi connectivity index (χ1v) is 8.68. The number of nitrogens with zero attached hydrogens (tertiary/aromatic N) is 1. The van der Waals surface area contributed by atoms with Gasteiger partial charge in [-0.3, -0.25) is 14.6 Å². The van der Waals surface area contributed by atoms with Gasteiger partial charge in [-0.25, -0.2) is 0 Å². The highest BCUT2D eigenvalue weighted by Gasteiger charge is 2.23. The zero-order valence-corrected chi connectivity index (χ0v) is 13.8. The Morgan fingerprint density at radius 1 is 1.35 bits per heavy atom. The summed E-state index contributed by atoms with van der Waals surface area (Å²) in [6, 6.07) is 5.17. The number of amides is 2. The molecule has 23 heavy (non-hydrogen) atoms. The molecule has 5 nitrogen and oxygen atoms in total.